The first-order valence-electron chi connectivity index (χ1n) is 12.2. The summed E-state index contributed by atoms with van der Waals surface area (Å²) in [4.78, 5) is 17.7. The van der Waals surface area contributed by atoms with E-state index in [0.29, 0.717) is 39.5 Å². The summed E-state index contributed by atoms with van der Waals surface area (Å²) < 4.78 is 62.0. The number of hydrogen-bond donors (Lipinski definition) is 0. The van der Waals surface area contributed by atoms with Crippen LogP contribution in [-0.4, -0.2) is 32.1 Å². The topological polar surface area (TPSA) is 66.9 Å². The Labute approximate surface area is 227 Å². The lowest BCUT2D eigenvalue weighted by Crippen LogP contribution is -2.09. The highest BCUT2D eigenvalue weighted by Crippen LogP contribution is 2.38. The molecule has 9 heteroatoms. The van der Waals surface area contributed by atoms with Crippen molar-refractivity contribution in [3.63, 3.8) is 0 Å². The van der Waals surface area contributed by atoms with Crippen LogP contribution in [0.4, 0.5) is 13.2 Å². The molecule has 0 spiro atoms. The Kier molecular flexibility index (Phi) is 7.21. The van der Waals surface area contributed by atoms with Crippen molar-refractivity contribution < 1.29 is 36.9 Å². The van der Waals surface area contributed by atoms with Crippen molar-refractivity contribution in [2.45, 2.75) is 12.6 Å². The molecule has 204 valence electrons. The number of carbonyl (C=O) groups excluding carboxylic acids is 1. The maximum absolute atomic E-state index is 13.3. The number of hydrogen-bond acceptors (Lipinski definition) is 6. The van der Waals surface area contributed by atoms with Crippen LogP contribution in [-0.2, 0) is 12.6 Å². The van der Waals surface area contributed by atoms with E-state index in [2.05, 4.69) is 4.98 Å². The number of Topliss-reactive ketones (excluding diaryl/α,β-unsaturated/α-hetero) is 1. The molecule has 0 atom stereocenters. The van der Waals surface area contributed by atoms with Gasteiger partial charge < -0.3 is 18.9 Å². The van der Waals surface area contributed by atoms with Crippen LogP contribution in [0.3, 0.4) is 0 Å². The van der Waals surface area contributed by atoms with Crippen molar-refractivity contribution in [3.05, 3.63) is 95.7 Å². The zero-order valence-corrected chi connectivity index (χ0v) is 21.8. The predicted molar refractivity (Wildman–Crippen MR) is 145 cm³/mol. The van der Waals surface area contributed by atoms with Gasteiger partial charge in [-0.05, 0) is 59.3 Å². The second-order valence-electron chi connectivity index (χ2n) is 8.95. The van der Waals surface area contributed by atoms with E-state index < -0.39 is 11.7 Å². The third kappa shape index (κ3) is 5.22. The van der Waals surface area contributed by atoms with E-state index in [1.165, 1.54) is 13.2 Å². The number of ketones is 1. The van der Waals surface area contributed by atoms with E-state index in [4.69, 9.17) is 18.9 Å². The van der Waals surface area contributed by atoms with Crippen molar-refractivity contribution in [3.8, 4) is 28.7 Å². The van der Waals surface area contributed by atoms with Gasteiger partial charge >= 0.3 is 6.18 Å². The molecule has 0 radical (unpaired) electrons. The van der Waals surface area contributed by atoms with Gasteiger partial charge in [-0.2, -0.15) is 13.2 Å². The number of benzene rings is 4. The number of rotatable bonds is 8. The van der Waals surface area contributed by atoms with Crippen LogP contribution in [0.25, 0.3) is 21.7 Å². The van der Waals surface area contributed by atoms with E-state index in [-0.39, 0.29) is 23.5 Å². The molecule has 0 aliphatic heterocycles. The summed E-state index contributed by atoms with van der Waals surface area (Å²) in [6.07, 6.45) is -3.15. The highest BCUT2D eigenvalue weighted by Gasteiger charge is 2.31. The number of pyridine rings is 1. The molecule has 0 fully saturated rings. The van der Waals surface area contributed by atoms with Crippen LogP contribution in [0.2, 0.25) is 0 Å². The Morgan fingerprint density at radius 3 is 2.25 bits per heavy atom. The first-order valence-corrected chi connectivity index (χ1v) is 12.2. The Morgan fingerprint density at radius 1 is 0.775 bits per heavy atom. The SMILES string of the molecule is COc1ccc(C(F)(F)F)cc1CC(=O)c1cccc2cc(Oc3ccnc4cc(OC)c(OC)cc34)ccc12. The number of carbonyl (C=O) groups is 1. The molecule has 5 rings (SSSR count). The molecule has 1 aromatic heterocycles. The van der Waals surface area contributed by atoms with Crippen molar-refractivity contribution in [1.29, 1.82) is 0 Å². The summed E-state index contributed by atoms with van der Waals surface area (Å²) in [5.74, 6) is 2.04. The van der Waals surface area contributed by atoms with Crippen LogP contribution in [0.15, 0.2) is 79.0 Å². The summed E-state index contributed by atoms with van der Waals surface area (Å²) in [6.45, 7) is 0. The summed E-state index contributed by atoms with van der Waals surface area (Å²) >= 11 is 0. The van der Waals surface area contributed by atoms with E-state index in [0.717, 1.165) is 22.9 Å². The number of nitrogens with zero attached hydrogens (tertiary/aromatic N) is 1. The van der Waals surface area contributed by atoms with Gasteiger partial charge in [0.15, 0.2) is 17.3 Å². The fourth-order valence-electron chi connectivity index (χ4n) is 4.59. The molecule has 4 aromatic carbocycles. The summed E-state index contributed by atoms with van der Waals surface area (Å²) in [6, 6.07) is 18.9. The lowest BCUT2D eigenvalue weighted by Gasteiger charge is -2.14. The van der Waals surface area contributed by atoms with Crippen LogP contribution < -0.4 is 18.9 Å². The largest absolute Gasteiger partial charge is 0.496 e. The second kappa shape index (κ2) is 10.8. The molecule has 40 heavy (non-hydrogen) atoms. The average molecular weight is 548 g/mol. The zero-order chi connectivity index (χ0) is 28.4. The Morgan fingerprint density at radius 2 is 1.52 bits per heavy atom. The molecule has 5 aromatic rings. The molecule has 1 heterocycles. The maximum atomic E-state index is 13.3. The van der Waals surface area contributed by atoms with E-state index >= 15 is 0 Å². The normalized spacial score (nSPS) is 11.4. The van der Waals surface area contributed by atoms with Crippen molar-refractivity contribution in [1.82, 2.24) is 4.98 Å². The van der Waals surface area contributed by atoms with Crippen molar-refractivity contribution >= 4 is 27.5 Å². The third-order valence-electron chi connectivity index (χ3n) is 6.55. The fraction of sp³-hybridized carbons (Fsp3) is 0.161. The number of methoxy groups -OCH3 is 3. The number of ether oxygens (including phenoxy) is 4. The summed E-state index contributed by atoms with van der Waals surface area (Å²) in [7, 11) is 4.45. The molecule has 0 amide bonds. The highest BCUT2D eigenvalue weighted by atomic mass is 19.4. The van der Waals surface area contributed by atoms with Crippen LogP contribution in [0.5, 0.6) is 28.7 Å². The van der Waals surface area contributed by atoms with Crippen LogP contribution in [0, 0.1) is 0 Å². The van der Waals surface area contributed by atoms with E-state index in [9.17, 15) is 18.0 Å². The number of alkyl halides is 3. The molecule has 0 N–H and O–H groups in total. The summed E-state index contributed by atoms with van der Waals surface area (Å²) in [5.41, 5.74) is 0.370. The van der Waals surface area contributed by atoms with Gasteiger partial charge in [-0.25, -0.2) is 0 Å². The highest BCUT2D eigenvalue weighted by molar-refractivity contribution is 6.09. The molecule has 0 bridgehead atoms. The van der Waals surface area contributed by atoms with E-state index in [1.54, 1.807) is 68.9 Å². The number of fused-ring (bicyclic) bond motifs is 2. The fourth-order valence-corrected chi connectivity index (χ4v) is 4.59. The van der Waals surface area contributed by atoms with Gasteiger partial charge in [0, 0.05) is 35.2 Å². The minimum atomic E-state index is -4.53. The maximum Gasteiger partial charge on any atom is 0.416 e. The van der Waals surface area contributed by atoms with Gasteiger partial charge in [-0.15, -0.1) is 0 Å². The summed E-state index contributed by atoms with van der Waals surface area (Å²) in [5, 5.41) is 2.10. The lowest BCUT2D eigenvalue weighted by molar-refractivity contribution is -0.137. The first kappa shape index (κ1) is 26.8. The third-order valence-corrected chi connectivity index (χ3v) is 6.55. The Bertz CT molecular complexity index is 1730. The lowest BCUT2D eigenvalue weighted by atomic mass is 9.96. The molecular weight excluding hydrogens is 523 g/mol. The molecule has 0 unspecified atom stereocenters. The van der Waals surface area contributed by atoms with E-state index in [1.807, 2.05) is 6.07 Å². The van der Waals surface area contributed by atoms with Gasteiger partial charge in [-0.1, -0.05) is 18.2 Å². The van der Waals surface area contributed by atoms with Crippen molar-refractivity contribution in [2.24, 2.45) is 0 Å². The molecule has 6 nitrogen and oxygen atoms in total. The minimum absolute atomic E-state index is 0.163. The quantitative estimate of drug-likeness (QED) is 0.186. The van der Waals surface area contributed by atoms with Crippen molar-refractivity contribution in [2.75, 3.05) is 21.3 Å². The van der Waals surface area contributed by atoms with Crippen LogP contribution >= 0.6 is 0 Å². The number of halogens is 3. The molecule has 0 saturated carbocycles. The molecule has 0 saturated heterocycles. The molecule has 0 aliphatic rings. The first-order chi connectivity index (χ1) is 19.2. The molecular formula is C31H24F3NO5. The zero-order valence-electron chi connectivity index (χ0n) is 21.8. The van der Waals surface area contributed by atoms with Gasteiger partial charge in [0.05, 0.1) is 32.4 Å². The monoisotopic (exact) mass is 547 g/mol. The second-order valence-corrected chi connectivity index (χ2v) is 8.95. The Hall–Kier alpha value is -4.79. The smallest absolute Gasteiger partial charge is 0.416 e. The minimum Gasteiger partial charge on any atom is -0.496 e. The van der Waals surface area contributed by atoms with Gasteiger partial charge in [0.1, 0.15) is 17.2 Å². The predicted octanol–water partition coefficient (Wildman–Crippen LogP) is 7.65. The standard InChI is InChI=1S/C31H24F3NO5/c1-37-27-10-7-20(31(32,33)34)13-19(27)15-26(36)23-6-4-5-18-14-21(8-9-22(18)23)40-28-11-12-35-25-17-30(39-3)29(38-2)16-24(25)28/h4-14,16-17H,15H2,1-3H3. The Balaban J connectivity index is 1.46. The van der Waals surface area contributed by atoms with Gasteiger partial charge in [0.25, 0.3) is 0 Å². The van der Waals surface area contributed by atoms with Gasteiger partial charge in [0.2, 0.25) is 0 Å². The average Bonchev–Trinajstić information content (AvgIpc) is 2.95. The van der Waals surface area contributed by atoms with Gasteiger partial charge in [-0.3, -0.25) is 9.78 Å². The number of aromatic nitrogens is 1. The molecule has 0 aliphatic carbocycles. The van der Waals surface area contributed by atoms with Crippen LogP contribution in [0.1, 0.15) is 21.5 Å².